The van der Waals surface area contributed by atoms with Crippen LogP contribution in [-0.2, 0) is 25.4 Å². The first kappa shape index (κ1) is 15.1. The van der Waals surface area contributed by atoms with Crippen LogP contribution in [0.5, 0.6) is 0 Å². The second-order valence-corrected chi connectivity index (χ2v) is 6.11. The molecule has 0 unspecified atom stereocenters. The van der Waals surface area contributed by atoms with Crippen LogP contribution in [0, 0.1) is 0 Å². The Morgan fingerprint density at radius 2 is 1.80 bits per heavy atom. The van der Waals surface area contributed by atoms with Gasteiger partial charge in [0, 0.05) is 6.92 Å². The zero-order valence-electron chi connectivity index (χ0n) is 12.7. The largest absolute Gasteiger partial charge is 0.494 e. The van der Waals surface area contributed by atoms with Crippen molar-refractivity contribution in [2.45, 2.75) is 52.4 Å². The van der Waals surface area contributed by atoms with E-state index in [2.05, 4.69) is 0 Å². The van der Waals surface area contributed by atoms with Crippen molar-refractivity contribution >= 4 is 18.6 Å². The fourth-order valence-electron chi connectivity index (χ4n) is 1.99. The smallest absolute Gasteiger partial charge is 0.461 e. The lowest BCUT2D eigenvalue weighted by Gasteiger charge is -2.32. The Morgan fingerprint density at radius 3 is 2.35 bits per heavy atom. The van der Waals surface area contributed by atoms with Crippen LogP contribution in [0.25, 0.3) is 0 Å². The maximum atomic E-state index is 10.9. The number of benzene rings is 1. The van der Waals surface area contributed by atoms with Crippen molar-refractivity contribution in [2.75, 3.05) is 0 Å². The van der Waals surface area contributed by atoms with Crippen molar-refractivity contribution in [2.24, 2.45) is 0 Å². The van der Waals surface area contributed by atoms with Crippen molar-refractivity contribution in [3.63, 3.8) is 0 Å². The lowest BCUT2D eigenvalue weighted by atomic mass is 9.78. The van der Waals surface area contributed by atoms with Gasteiger partial charge in [-0.15, -0.1) is 0 Å². The van der Waals surface area contributed by atoms with Crippen LogP contribution in [0.15, 0.2) is 24.3 Å². The first-order valence-electron chi connectivity index (χ1n) is 6.79. The molecule has 1 fully saturated rings. The molecule has 1 aromatic rings. The Hall–Kier alpha value is -1.33. The molecule has 2 rings (SSSR count). The minimum Gasteiger partial charge on any atom is -0.461 e. The highest BCUT2D eigenvalue weighted by Gasteiger charge is 2.51. The topological polar surface area (TPSA) is 44.8 Å². The van der Waals surface area contributed by atoms with E-state index in [1.54, 1.807) is 0 Å². The molecule has 0 spiro atoms. The second kappa shape index (κ2) is 5.22. The van der Waals surface area contributed by atoms with Crippen molar-refractivity contribution in [3.8, 4) is 0 Å². The van der Waals surface area contributed by atoms with Crippen molar-refractivity contribution in [1.82, 2.24) is 0 Å². The summed E-state index contributed by atoms with van der Waals surface area (Å²) < 4.78 is 17.0. The summed E-state index contributed by atoms with van der Waals surface area (Å²) >= 11 is 0. The maximum absolute atomic E-state index is 10.9. The molecule has 1 aliphatic heterocycles. The average Bonchev–Trinajstić information content (AvgIpc) is 2.56. The highest BCUT2D eigenvalue weighted by Crippen LogP contribution is 2.36. The number of carbonyl (C=O) groups excluding carboxylic acids is 1. The van der Waals surface area contributed by atoms with Crippen LogP contribution < -0.4 is 5.46 Å². The molecule has 1 aliphatic rings. The zero-order chi connectivity index (χ0) is 15.0. The number of hydrogen-bond donors (Lipinski definition) is 0. The number of carbonyl (C=O) groups is 1. The number of rotatable bonds is 3. The van der Waals surface area contributed by atoms with E-state index in [1.807, 2.05) is 52.0 Å². The van der Waals surface area contributed by atoms with E-state index in [0.717, 1.165) is 11.0 Å². The summed E-state index contributed by atoms with van der Waals surface area (Å²) in [5, 5.41) is 0. The van der Waals surface area contributed by atoms with Gasteiger partial charge in [-0.3, -0.25) is 4.79 Å². The molecule has 0 atom stereocenters. The predicted octanol–water partition coefficient (Wildman–Crippen LogP) is 2.05. The molecule has 1 aromatic carbocycles. The molecule has 0 radical (unpaired) electrons. The molecule has 20 heavy (non-hydrogen) atoms. The Kier molecular flexibility index (Phi) is 3.94. The van der Waals surface area contributed by atoms with Crippen LogP contribution in [0.4, 0.5) is 0 Å². The van der Waals surface area contributed by atoms with Gasteiger partial charge in [0.05, 0.1) is 11.2 Å². The molecular formula is C15H21BO4. The standard InChI is InChI=1S/C15H21BO4/c1-11(17)18-10-12-7-6-8-13(9-12)16-19-14(2,3)15(4,5)20-16/h6-9H,10H2,1-5H3. The summed E-state index contributed by atoms with van der Waals surface area (Å²) in [6, 6.07) is 7.74. The summed E-state index contributed by atoms with van der Waals surface area (Å²) in [6.07, 6.45) is 0. The highest BCUT2D eigenvalue weighted by atomic mass is 16.7. The molecule has 0 bridgehead atoms. The number of ether oxygens (including phenoxy) is 1. The molecule has 0 amide bonds. The molecule has 0 aromatic heterocycles. The van der Waals surface area contributed by atoms with Crippen LogP contribution in [0.1, 0.15) is 40.2 Å². The van der Waals surface area contributed by atoms with E-state index >= 15 is 0 Å². The van der Waals surface area contributed by atoms with Crippen LogP contribution >= 0.6 is 0 Å². The zero-order valence-corrected chi connectivity index (χ0v) is 12.7. The van der Waals surface area contributed by atoms with Gasteiger partial charge in [-0.25, -0.2) is 0 Å². The maximum Gasteiger partial charge on any atom is 0.494 e. The Balaban J connectivity index is 2.14. The number of esters is 1. The summed E-state index contributed by atoms with van der Waals surface area (Å²) in [5.74, 6) is -0.286. The van der Waals surface area contributed by atoms with Gasteiger partial charge in [0.2, 0.25) is 0 Å². The van der Waals surface area contributed by atoms with E-state index in [0.29, 0.717) is 0 Å². The fraction of sp³-hybridized carbons (Fsp3) is 0.533. The third-order valence-electron chi connectivity index (χ3n) is 3.92. The van der Waals surface area contributed by atoms with Gasteiger partial charge in [-0.05, 0) is 38.7 Å². The van der Waals surface area contributed by atoms with E-state index in [-0.39, 0.29) is 23.8 Å². The Morgan fingerprint density at radius 1 is 1.20 bits per heavy atom. The minimum absolute atomic E-state index is 0.267. The number of hydrogen-bond acceptors (Lipinski definition) is 4. The summed E-state index contributed by atoms with van der Waals surface area (Å²) in [5.41, 5.74) is 1.15. The minimum atomic E-state index is -0.391. The summed E-state index contributed by atoms with van der Waals surface area (Å²) in [7, 11) is -0.391. The first-order chi connectivity index (χ1) is 9.21. The molecule has 1 heterocycles. The highest BCUT2D eigenvalue weighted by molar-refractivity contribution is 6.62. The van der Waals surface area contributed by atoms with E-state index in [4.69, 9.17) is 14.0 Å². The molecular weight excluding hydrogens is 255 g/mol. The van der Waals surface area contributed by atoms with Gasteiger partial charge < -0.3 is 14.0 Å². The molecule has 0 N–H and O–H groups in total. The van der Waals surface area contributed by atoms with E-state index in [1.165, 1.54) is 6.92 Å². The Bertz CT molecular complexity index is 494. The van der Waals surface area contributed by atoms with E-state index in [9.17, 15) is 4.79 Å². The van der Waals surface area contributed by atoms with Gasteiger partial charge in [0.15, 0.2) is 0 Å². The summed E-state index contributed by atoms with van der Waals surface area (Å²) in [4.78, 5) is 10.9. The van der Waals surface area contributed by atoms with Gasteiger partial charge in [0.1, 0.15) is 6.61 Å². The van der Waals surface area contributed by atoms with Gasteiger partial charge in [-0.2, -0.15) is 0 Å². The first-order valence-corrected chi connectivity index (χ1v) is 6.79. The monoisotopic (exact) mass is 276 g/mol. The second-order valence-electron chi connectivity index (χ2n) is 6.11. The van der Waals surface area contributed by atoms with E-state index < -0.39 is 7.12 Å². The quantitative estimate of drug-likeness (QED) is 0.626. The lowest BCUT2D eigenvalue weighted by molar-refractivity contribution is -0.142. The van der Waals surface area contributed by atoms with Crippen molar-refractivity contribution in [1.29, 1.82) is 0 Å². The molecule has 108 valence electrons. The van der Waals surface area contributed by atoms with Crippen molar-refractivity contribution in [3.05, 3.63) is 29.8 Å². The fourth-order valence-corrected chi connectivity index (χ4v) is 1.99. The van der Waals surface area contributed by atoms with Crippen LogP contribution in [0.2, 0.25) is 0 Å². The normalized spacial score (nSPS) is 19.9. The van der Waals surface area contributed by atoms with Crippen LogP contribution in [0.3, 0.4) is 0 Å². The summed E-state index contributed by atoms with van der Waals surface area (Å²) in [6.45, 7) is 9.76. The van der Waals surface area contributed by atoms with Crippen molar-refractivity contribution < 1.29 is 18.8 Å². The Labute approximate surface area is 120 Å². The molecule has 1 saturated heterocycles. The van der Waals surface area contributed by atoms with Gasteiger partial charge >= 0.3 is 13.1 Å². The molecule has 0 saturated carbocycles. The predicted molar refractivity (Wildman–Crippen MR) is 77.6 cm³/mol. The molecule has 4 nitrogen and oxygen atoms in total. The third-order valence-corrected chi connectivity index (χ3v) is 3.92. The SMILES string of the molecule is CC(=O)OCc1cccc(B2OC(C)(C)C(C)(C)O2)c1. The lowest BCUT2D eigenvalue weighted by Crippen LogP contribution is -2.41. The van der Waals surface area contributed by atoms with Crippen LogP contribution in [-0.4, -0.2) is 24.3 Å². The van der Waals surface area contributed by atoms with Gasteiger partial charge in [-0.1, -0.05) is 24.3 Å². The average molecular weight is 276 g/mol. The van der Waals surface area contributed by atoms with Gasteiger partial charge in [0.25, 0.3) is 0 Å². The molecule has 0 aliphatic carbocycles. The molecule has 5 heteroatoms. The third kappa shape index (κ3) is 3.05.